The summed E-state index contributed by atoms with van der Waals surface area (Å²) in [5, 5.41) is 14.7. The van der Waals surface area contributed by atoms with Crippen LogP contribution in [0.15, 0.2) is 0 Å². The molecule has 1 aliphatic rings. The largest absolute Gasteiger partial charge is 0.469 e. The van der Waals surface area contributed by atoms with E-state index in [1.807, 2.05) is 0 Å². The summed E-state index contributed by atoms with van der Waals surface area (Å²) in [6, 6.07) is -0.349. The van der Waals surface area contributed by atoms with Crippen LogP contribution in [0.4, 0.5) is 0 Å². The number of aliphatic hydroxyl groups excluding tert-OH is 1. The number of nitrogens with one attached hydrogen (secondary N) is 2. The highest BCUT2D eigenvalue weighted by Crippen LogP contribution is 2.05. The minimum Gasteiger partial charge on any atom is -0.469 e. The van der Waals surface area contributed by atoms with E-state index in [4.69, 9.17) is 0 Å². The summed E-state index contributed by atoms with van der Waals surface area (Å²) >= 11 is 0. The van der Waals surface area contributed by atoms with Crippen LogP contribution in [0.25, 0.3) is 0 Å². The van der Waals surface area contributed by atoms with E-state index < -0.39 is 6.10 Å². The molecule has 15 heavy (non-hydrogen) atoms. The average molecular weight is 216 g/mol. The van der Waals surface area contributed by atoms with E-state index in [-0.39, 0.29) is 30.9 Å². The molecule has 3 N–H and O–H groups in total. The Kier molecular flexibility index (Phi) is 4.51. The number of aliphatic hydroxyl groups is 1. The van der Waals surface area contributed by atoms with E-state index in [1.165, 1.54) is 7.11 Å². The molecule has 1 fully saturated rings. The number of methoxy groups -OCH3 is 1. The van der Waals surface area contributed by atoms with E-state index in [2.05, 4.69) is 15.4 Å². The van der Waals surface area contributed by atoms with Gasteiger partial charge in [0.1, 0.15) is 0 Å². The second kappa shape index (κ2) is 5.67. The summed E-state index contributed by atoms with van der Waals surface area (Å²) in [6.45, 7) is 0.703. The third kappa shape index (κ3) is 3.85. The minimum absolute atomic E-state index is 0.164. The van der Waals surface area contributed by atoms with Crippen LogP contribution in [0.3, 0.4) is 0 Å². The van der Waals surface area contributed by atoms with Gasteiger partial charge in [-0.2, -0.15) is 0 Å². The lowest BCUT2D eigenvalue weighted by Gasteiger charge is -2.10. The van der Waals surface area contributed by atoms with E-state index in [0.717, 1.165) is 0 Å². The molecule has 6 heteroatoms. The molecule has 1 heterocycles. The second-order valence-electron chi connectivity index (χ2n) is 3.47. The van der Waals surface area contributed by atoms with Gasteiger partial charge in [0, 0.05) is 13.1 Å². The summed E-state index contributed by atoms with van der Waals surface area (Å²) in [5.74, 6) is -0.537. The van der Waals surface area contributed by atoms with Crippen LogP contribution in [0.2, 0.25) is 0 Å². The van der Waals surface area contributed by atoms with Gasteiger partial charge < -0.3 is 20.5 Å². The third-order valence-electron chi connectivity index (χ3n) is 2.28. The van der Waals surface area contributed by atoms with Crippen molar-refractivity contribution in [1.29, 1.82) is 0 Å². The standard InChI is InChI=1S/C9H16N2O4/c1-15-8(13)2-3-10-9(14)7-4-6(12)5-11-7/h6-7,11-12H,2-5H2,1H3,(H,10,14). The first kappa shape index (κ1) is 11.9. The van der Waals surface area contributed by atoms with Crippen LogP contribution in [0.5, 0.6) is 0 Å². The first-order valence-corrected chi connectivity index (χ1v) is 4.89. The predicted molar refractivity (Wildman–Crippen MR) is 52.1 cm³/mol. The molecule has 6 nitrogen and oxygen atoms in total. The average Bonchev–Trinajstić information content (AvgIpc) is 2.64. The monoisotopic (exact) mass is 216 g/mol. The van der Waals surface area contributed by atoms with E-state index in [1.54, 1.807) is 0 Å². The molecular weight excluding hydrogens is 200 g/mol. The zero-order chi connectivity index (χ0) is 11.3. The second-order valence-corrected chi connectivity index (χ2v) is 3.47. The lowest BCUT2D eigenvalue weighted by molar-refractivity contribution is -0.140. The van der Waals surface area contributed by atoms with E-state index >= 15 is 0 Å². The van der Waals surface area contributed by atoms with Gasteiger partial charge in [0.15, 0.2) is 0 Å². The van der Waals surface area contributed by atoms with Gasteiger partial charge in [-0.3, -0.25) is 9.59 Å². The lowest BCUT2D eigenvalue weighted by Crippen LogP contribution is -2.41. The molecule has 0 aromatic rings. The van der Waals surface area contributed by atoms with Crippen molar-refractivity contribution in [2.24, 2.45) is 0 Å². The molecule has 0 radical (unpaired) electrons. The highest BCUT2D eigenvalue weighted by molar-refractivity contribution is 5.82. The number of hydrogen-bond donors (Lipinski definition) is 3. The first-order chi connectivity index (χ1) is 7.13. The number of amides is 1. The van der Waals surface area contributed by atoms with Crippen molar-refractivity contribution in [3.8, 4) is 0 Å². The molecule has 0 bridgehead atoms. The normalized spacial score (nSPS) is 24.9. The van der Waals surface area contributed by atoms with Crippen LogP contribution in [-0.4, -0.2) is 49.3 Å². The van der Waals surface area contributed by atoms with Gasteiger partial charge in [-0.25, -0.2) is 0 Å². The Hall–Kier alpha value is -1.14. The van der Waals surface area contributed by atoms with Crippen molar-refractivity contribution >= 4 is 11.9 Å². The van der Waals surface area contributed by atoms with Gasteiger partial charge in [0.25, 0.3) is 0 Å². The Morgan fingerprint density at radius 2 is 2.33 bits per heavy atom. The van der Waals surface area contributed by atoms with E-state index in [9.17, 15) is 14.7 Å². The number of rotatable bonds is 4. The summed E-state index contributed by atoms with van der Waals surface area (Å²) < 4.78 is 4.43. The van der Waals surface area contributed by atoms with Crippen molar-refractivity contribution in [3.05, 3.63) is 0 Å². The SMILES string of the molecule is COC(=O)CCNC(=O)C1CC(O)CN1. The number of carbonyl (C=O) groups excluding carboxylic acids is 2. The number of β-amino-alcohol motifs (C(OH)–C–C–N with tert-alkyl or cyclic N) is 1. The maximum atomic E-state index is 11.4. The summed E-state index contributed by atoms with van der Waals surface area (Å²) in [5.41, 5.74) is 0. The molecule has 0 saturated carbocycles. The number of carbonyl (C=O) groups is 2. The van der Waals surface area contributed by atoms with Gasteiger partial charge in [0.05, 0.1) is 25.7 Å². The molecule has 0 aromatic carbocycles. The molecule has 1 saturated heterocycles. The van der Waals surface area contributed by atoms with E-state index in [0.29, 0.717) is 13.0 Å². The van der Waals surface area contributed by atoms with Crippen molar-refractivity contribution in [2.75, 3.05) is 20.2 Å². The lowest BCUT2D eigenvalue weighted by atomic mass is 10.2. The van der Waals surface area contributed by atoms with Crippen molar-refractivity contribution < 1.29 is 19.4 Å². The topological polar surface area (TPSA) is 87.7 Å². The summed E-state index contributed by atoms with van der Waals surface area (Å²) in [4.78, 5) is 22.2. The summed E-state index contributed by atoms with van der Waals surface area (Å²) in [7, 11) is 1.30. The summed E-state index contributed by atoms with van der Waals surface area (Å²) in [6.07, 6.45) is 0.128. The Morgan fingerprint density at radius 3 is 2.87 bits per heavy atom. The van der Waals surface area contributed by atoms with Gasteiger partial charge in [0.2, 0.25) is 5.91 Å². The number of hydrogen-bond acceptors (Lipinski definition) is 5. The van der Waals surface area contributed by atoms with Crippen LogP contribution < -0.4 is 10.6 Å². The van der Waals surface area contributed by atoms with Crippen LogP contribution in [0.1, 0.15) is 12.8 Å². The zero-order valence-electron chi connectivity index (χ0n) is 8.66. The fourth-order valence-corrected chi connectivity index (χ4v) is 1.43. The number of ether oxygens (including phenoxy) is 1. The molecule has 1 aliphatic heterocycles. The minimum atomic E-state index is -0.457. The molecule has 2 unspecified atom stereocenters. The van der Waals surface area contributed by atoms with Crippen molar-refractivity contribution in [1.82, 2.24) is 10.6 Å². The van der Waals surface area contributed by atoms with Gasteiger partial charge in [-0.15, -0.1) is 0 Å². The Balaban J connectivity index is 2.16. The molecule has 2 atom stereocenters. The van der Waals surface area contributed by atoms with Crippen molar-refractivity contribution in [3.63, 3.8) is 0 Å². The highest BCUT2D eigenvalue weighted by Gasteiger charge is 2.27. The molecular formula is C9H16N2O4. The quantitative estimate of drug-likeness (QED) is 0.492. The molecule has 86 valence electrons. The fourth-order valence-electron chi connectivity index (χ4n) is 1.43. The van der Waals surface area contributed by atoms with Gasteiger partial charge in [-0.05, 0) is 6.42 Å². The fraction of sp³-hybridized carbons (Fsp3) is 0.778. The smallest absolute Gasteiger partial charge is 0.307 e. The zero-order valence-corrected chi connectivity index (χ0v) is 8.66. The Morgan fingerprint density at radius 1 is 1.60 bits per heavy atom. The van der Waals surface area contributed by atoms with Gasteiger partial charge in [-0.1, -0.05) is 0 Å². The highest BCUT2D eigenvalue weighted by atomic mass is 16.5. The molecule has 0 aliphatic carbocycles. The maximum Gasteiger partial charge on any atom is 0.307 e. The van der Waals surface area contributed by atoms with Crippen LogP contribution in [0, 0.1) is 0 Å². The maximum absolute atomic E-state index is 11.4. The van der Waals surface area contributed by atoms with Crippen LogP contribution >= 0.6 is 0 Å². The third-order valence-corrected chi connectivity index (χ3v) is 2.28. The Labute approximate surface area is 88.0 Å². The van der Waals surface area contributed by atoms with Crippen molar-refractivity contribution in [2.45, 2.75) is 25.0 Å². The van der Waals surface area contributed by atoms with Crippen LogP contribution in [-0.2, 0) is 14.3 Å². The molecule has 0 aromatic heterocycles. The first-order valence-electron chi connectivity index (χ1n) is 4.89. The molecule has 0 spiro atoms. The Bertz CT molecular complexity index is 244. The molecule has 1 amide bonds. The predicted octanol–water partition coefficient (Wildman–Crippen LogP) is -1.61. The molecule has 1 rings (SSSR count). The number of esters is 1. The van der Waals surface area contributed by atoms with Gasteiger partial charge >= 0.3 is 5.97 Å².